The van der Waals surface area contributed by atoms with Crippen molar-refractivity contribution in [1.82, 2.24) is 5.43 Å². The highest BCUT2D eigenvalue weighted by atomic mass is 32.2. The van der Waals surface area contributed by atoms with Crippen LogP contribution >= 0.6 is 11.8 Å². The van der Waals surface area contributed by atoms with E-state index in [4.69, 9.17) is 5.84 Å². The number of carbonyl (C=O) groups excluding carboxylic acids is 1. The van der Waals surface area contributed by atoms with Gasteiger partial charge in [-0.15, -0.1) is 11.8 Å². The first-order chi connectivity index (χ1) is 7.27. The van der Waals surface area contributed by atoms with Crippen molar-refractivity contribution >= 4 is 17.7 Å². The third-order valence-electron chi connectivity index (χ3n) is 2.01. The second-order valence-electron chi connectivity index (χ2n) is 3.22. The molecule has 0 saturated heterocycles. The molecule has 0 saturated carbocycles. The Kier molecular flexibility index (Phi) is 5.21. The van der Waals surface area contributed by atoms with Crippen molar-refractivity contribution in [3.05, 3.63) is 30.3 Å². The molecule has 0 spiro atoms. The second kappa shape index (κ2) is 6.48. The predicted molar refractivity (Wildman–Crippen MR) is 63.3 cm³/mol. The van der Waals surface area contributed by atoms with Crippen molar-refractivity contribution in [3.8, 4) is 0 Å². The van der Waals surface area contributed by atoms with E-state index in [1.165, 1.54) is 0 Å². The van der Waals surface area contributed by atoms with Gasteiger partial charge in [0, 0.05) is 4.90 Å². The highest BCUT2D eigenvalue weighted by molar-refractivity contribution is 8.00. The summed E-state index contributed by atoms with van der Waals surface area (Å²) in [4.78, 5) is 12.5. The van der Waals surface area contributed by atoms with Crippen LogP contribution in [0.25, 0.3) is 0 Å². The zero-order valence-electron chi connectivity index (χ0n) is 8.77. The number of carbonyl (C=O) groups is 1. The van der Waals surface area contributed by atoms with E-state index in [0.717, 1.165) is 17.7 Å². The topological polar surface area (TPSA) is 55.1 Å². The van der Waals surface area contributed by atoms with Crippen LogP contribution in [0.1, 0.15) is 19.8 Å². The molecule has 0 aromatic heterocycles. The van der Waals surface area contributed by atoms with E-state index in [0.29, 0.717) is 0 Å². The molecule has 0 bridgehead atoms. The molecule has 1 aromatic carbocycles. The molecule has 1 rings (SSSR count). The number of rotatable bonds is 5. The van der Waals surface area contributed by atoms with E-state index in [1.54, 1.807) is 11.8 Å². The summed E-state index contributed by atoms with van der Waals surface area (Å²) in [5.41, 5.74) is 2.21. The van der Waals surface area contributed by atoms with Gasteiger partial charge in [0.05, 0.1) is 5.25 Å². The standard InChI is InChI=1S/C11H16N2OS/c1-2-6-10(11(14)13-12)15-9-7-4-3-5-8-9/h3-5,7-8,10H,2,6,12H2,1H3,(H,13,14). The fraction of sp³-hybridized carbons (Fsp3) is 0.364. The van der Waals surface area contributed by atoms with Crippen LogP contribution in [0.5, 0.6) is 0 Å². The monoisotopic (exact) mass is 224 g/mol. The summed E-state index contributed by atoms with van der Waals surface area (Å²) < 4.78 is 0. The van der Waals surface area contributed by atoms with Crippen LogP contribution in [-0.4, -0.2) is 11.2 Å². The number of amides is 1. The van der Waals surface area contributed by atoms with Crippen LogP contribution < -0.4 is 11.3 Å². The van der Waals surface area contributed by atoms with Crippen molar-refractivity contribution in [2.45, 2.75) is 29.9 Å². The van der Waals surface area contributed by atoms with E-state index in [1.807, 2.05) is 30.3 Å². The Morgan fingerprint density at radius 1 is 1.47 bits per heavy atom. The number of thioether (sulfide) groups is 1. The van der Waals surface area contributed by atoms with Gasteiger partial charge in [0.15, 0.2) is 0 Å². The first-order valence-electron chi connectivity index (χ1n) is 5.00. The molecular formula is C11H16N2OS. The molecule has 0 aliphatic heterocycles. The van der Waals surface area contributed by atoms with Crippen molar-refractivity contribution in [2.24, 2.45) is 5.84 Å². The molecule has 1 unspecified atom stereocenters. The van der Waals surface area contributed by atoms with Gasteiger partial charge in [0.2, 0.25) is 5.91 Å². The van der Waals surface area contributed by atoms with E-state index < -0.39 is 0 Å². The maximum atomic E-state index is 11.4. The Hall–Kier alpha value is -1.00. The Labute approximate surface area is 94.4 Å². The van der Waals surface area contributed by atoms with Crippen LogP contribution in [0, 0.1) is 0 Å². The normalized spacial score (nSPS) is 12.1. The van der Waals surface area contributed by atoms with Gasteiger partial charge >= 0.3 is 0 Å². The Morgan fingerprint density at radius 3 is 2.67 bits per heavy atom. The van der Waals surface area contributed by atoms with Crippen LogP contribution in [0.2, 0.25) is 0 Å². The van der Waals surface area contributed by atoms with Gasteiger partial charge in [-0.1, -0.05) is 31.5 Å². The highest BCUT2D eigenvalue weighted by Crippen LogP contribution is 2.25. The lowest BCUT2D eigenvalue weighted by Crippen LogP contribution is -2.37. The maximum absolute atomic E-state index is 11.4. The number of benzene rings is 1. The SMILES string of the molecule is CCCC(Sc1ccccc1)C(=O)NN. The van der Waals surface area contributed by atoms with E-state index in [2.05, 4.69) is 12.3 Å². The molecule has 1 amide bonds. The van der Waals surface area contributed by atoms with Gasteiger partial charge in [-0.3, -0.25) is 10.2 Å². The van der Waals surface area contributed by atoms with Crippen LogP contribution in [0.15, 0.2) is 35.2 Å². The van der Waals surface area contributed by atoms with Gasteiger partial charge in [0.1, 0.15) is 0 Å². The Bertz CT molecular complexity index is 303. The lowest BCUT2D eigenvalue weighted by atomic mass is 10.2. The molecule has 0 radical (unpaired) electrons. The third kappa shape index (κ3) is 3.93. The summed E-state index contributed by atoms with van der Waals surface area (Å²) in [7, 11) is 0. The molecule has 3 nitrogen and oxygen atoms in total. The van der Waals surface area contributed by atoms with Gasteiger partial charge in [-0.25, -0.2) is 5.84 Å². The summed E-state index contributed by atoms with van der Waals surface area (Å²) in [5.74, 6) is 5.04. The largest absolute Gasteiger partial charge is 0.293 e. The van der Waals surface area contributed by atoms with Gasteiger partial charge < -0.3 is 0 Å². The molecule has 82 valence electrons. The highest BCUT2D eigenvalue weighted by Gasteiger charge is 2.17. The summed E-state index contributed by atoms with van der Waals surface area (Å²) >= 11 is 1.55. The molecule has 1 aromatic rings. The number of hydrogen-bond acceptors (Lipinski definition) is 3. The van der Waals surface area contributed by atoms with Crippen LogP contribution in [0.4, 0.5) is 0 Å². The lowest BCUT2D eigenvalue weighted by Gasteiger charge is -2.13. The average molecular weight is 224 g/mol. The minimum atomic E-state index is -0.106. The number of nitrogens with one attached hydrogen (secondary N) is 1. The lowest BCUT2D eigenvalue weighted by molar-refractivity contribution is -0.120. The minimum Gasteiger partial charge on any atom is -0.293 e. The molecule has 15 heavy (non-hydrogen) atoms. The van der Waals surface area contributed by atoms with Gasteiger partial charge in [-0.2, -0.15) is 0 Å². The Balaban J connectivity index is 2.62. The summed E-state index contributed by atoms with van der Waals surface area (Å²) in [6.45, 7) is 2.06. The number of hydrazine groups is 1. The molecule has 4 heteroatoms. The van der Waals surface area contributed by atoms with Gasteiger partial charge in [0.25, 0.3) is 0 Å². The van der Waals surface area contributed by atoms with Crippen molar-refractivity contribution < 1.29 is 4.79 Å². The molecule has 3 N–H and O–H groups in total. The van der Waals surface area contributed by atoms with E-state index in [-0.39, 0.29) is 11.2 Å². The molecule has 0 heterocycles. The summed E-state index contributed by atoms with van der Waals surface area (Å²) in [6, 6.07) is 9.88. The molecule has 0 aliphatic rings. The second-order valence-corrected chi connectivity index (χ2v) is 4.49. The quantitative estimate of drug-likeness (QED) is 0.348. The number of hydrogen-bond donors (Lipinski definition) is 2. The maximum Gasteiger partial charge on any atom is 0.247 e. The van der Waals surface area contributed by atoms with Crippen LogP contribution in [0.3, 0.4) is 0 Å². The minimum absolute atomic E-state index is 0.0950. The van der Waals surface area contributed by atoms with E-state index in [9.17, 15) is 4.79 Å². The van der Waals surface area contributed by atoms with Gasteiger partial charge in [-0.05, 0) is 18.6 Å². The fourth-order valence-corrected chi connectivity index (χ4v) is 2.43. The molecule has 1 atom stereocenters. The predicted octanol–water partition coefficient (Wildman–Crippen LogP) is 1.94. The number of nitrogens with two attached hydrogens (primary N) is 1. The van der Waals surface area contributed by atoms with E-state index >= 15 is 0 Å². The summed E-state index contributed by atoms with van der Waals surface area (Å²) in [5, 5.41) is -0.0950. The van der Waals surface area contributed by atoms with Crippen LogP contribution in [-0.2, 0) is 4.79 Å². The Morgan fingerprint density at radius 2 is 2.13 bits per heavy atom. The average Bonchev–Trinajstić information content (AvgIpc) is 2.29. The van der Waals surface area contributed by atoms with Crippen molar-refractivity contribution in [3.63, 3.8) is 0 Å². The zero-order valence-corrected chi connectivity index (χ0v) is 9.59. The summed E-state index contributed by atoms with van der Waals surface area (Å²) in [6.07, 6.45) is 1.81. The molecular weight excluding hydrogens is 208 g/mol. The zero-order chi connectivity index (χ0) is 11.1. The fourth-order valence-electron chi connectivity index (χ4n) is 1.26. The first-order valence-corrected chi connectivity index (χ1v) is 5.88. The first kappa shape index (κ1) is 12.1. The van der Waals surface area contributed by atoms with Crippen molar-refractivity contribution in [2.75, 3.05) is 0 Å². The molecule has 0 aliphatic carbocycles. The molecule has 0 fully saturated rings. The van der Waals surface area contributed by atoms with Crippen molar-refractivity contribution in [1.29, 1.82) is 0 Å². The smallest absolute Gasteiger partial charge is 0.247 e. The third-order valence-corrected chi connectivity index (χ3v) is 3.29.